The van der Waals surface area contributed by atoms with Crippen LogP contribution in [-0.4, -0.2) is 5.78 Å². The largest absolute Gasteiger partial charge is 0.298 e. The first-order valence-corrected chi connectivity index (χ1v) is 6.32. The zero-order valence-corrected chi connectivity index (χ0v) is 9.81. The predicted octanol–water partition coefficient (Wildman–Crippen LogP) is 3.49. The van der Waals surface area contributed by atoms with Crippen LogP contribution >= 0.6 is 0 Å². The van der Waals surface area contributed by atoms with Crippen molar-refractivity contribution < 1.29 is 4.79 Å². The molecule has 1 spiro atoms. The Bertz CT molecular complexity index is 350. The van der Waals surface area contributed by atoms with Crippen molar-refractivity contribution in [3.8, 4) is 0 Å². The second-order valence-corrected chi connectivity index (χ2v) is 6.22. The second kappa shape index (κ2) is 2.75. The molecular formula is C14H20O. The maximum atomic E-state index is 12.3. The van der Waals surface area contributed by atoms with Crippen molar-refractivity contribution in [2.75, 3.05) is 0 Å². The quantitative estimate of drug-likeness (QED) is 0.552. The van der Waals surface area contributed by atoms with Crippen molar-refractivity contribution in [3.05, 3.63) is 11.6 Å². The lowest BCUT2D eigenvalue weighted by molar-refractivity contribution is -0.132. The first-order valence-electron chi connectivity index (χ1n) is 6.32. The minimum Gasteiger partial charge on any atom is -0.298 e. The van der Waals surface area contributed by atoms with Crippen molar-refractivity contribution in [2.45, 2.75) is 52.4 Å². The number of carbonyl (C=O) groups is 1. The van der Waals surface area contributed by atoms with Crippen LogP contribution in [0.1, 0.15) is 52.4 Å². The first-order chi connectivity index (χ1) is 7.06. The molecule has 3 aliphatic rings. The van der Waals surface area contributed by atoms with Gasteiger partial charge in [-0.1, -0.05) is 11.6 Å². The molecule has 0 aromatic heterocycles. The zero-order chi connectivity index (χ0) is 10.7. The lowest BCUT2D eigenvalue weighted by Crippen LogP contribution is -2.43. The van der Waals surface area contributed by atoms with Gasteiger partial charge in [-0.25, -0.2) is 0 Å². The molecule has 3 rings (SSSR count). The first kappa shape index (κ1) is 9.62. The van der Waals surface area contributed by atoms with E-state index in [0.717, 1.165) is 6.42 Å². The van der Waals surface area contributed by atoms with Crippen molar-refractivity contribution in [3.63, 3.8) is 0 Å². The summed E-state index contributed by atoms with van der Waals surface area (Å²) in [7, 11) is 0. The molecule has 0 radical (unpaired) electrons. The van der Waals surface area contributed by atoms with Crippen LogP contribution < -0.4 is 0 Å². The standard InChI is InChI=1S/C14H20O/c1-13(2)11-5-3-4-7-14(11)8-6-10(9-14)12(13)15/h5,10H,3-4,6-9H2,1-2H3/t10-,14+/m0/s1. The van der Waals surface area contributed by atoms with Crippen molar-refractivity contribution in [1.82, 2.24) is 0 Å². The van der Waals surface area contributed by atoms with Gasteiger partial charge >= 0.3 is 0 Å². The van der Waals surface area contributed by atoms with Gasteiger partial charge in [-0.05, 0) is 57.8 Å². The molecule has 3 aliphatic carbocycles. The van der Waals surface area contributed by atoms with Crippen LogP contribution in [0.4, 0.5) is 0 Å². The highest BCUT2D eigenvalue weighted by molar-refractivity contribution is 5.91. The highest BCUT2D eigenvalue weighted by atomic mass is 16.1. The van der Waals surface area contributed by atoms with E-state index in [-0.39, 0.29) is 5.41 Å². The SMILES string of the molecule is CC1(C)C(=O)[C@H]2CC[C@]3(CCCC=C13)C2. The third-order valence-corrected chi connectivity index (χ3v) is 5.05. The van der Waals surface area contributed by atoms with Gasteiger partial charge in [-0.15, -0.1) is 0 Å². The van der Waals surface area contributed by atoms with Gasteiger partial charge < -0.3 is 0 Å². The molecule has 0 aliphatic heterocycles. The maximum Gasteiger partial charge on any atom is 0.145 e. The number of allylic oxidation sites excluding steroid dienone is 2. The number of ketones is 1. The van der Waals surface area contributed by atoms with Gasteiger partial charge in [-0.2, -0.15) is 0 Å². The number of hydrogen-bond donors (Lipinski definition) is 0. The van der Waals surface area contributed by atoms with E-state index in [4.69, 9.17) is 0 Å². The number of carbonyl (C=O) groups excluding carboxylic acids is 1. The Labute approximate surface area is 91.9 Å². The van der Waals surface area contributed by atoms with Crippen molar-refractivity contribution in [1.29, 1.82) is 0 Å². The van der Waals surface area contributed by atoms with Crippen LogP contribution in [-0.2, 0) is 4.79 Å². The van der Waals surface area contributed by atoms with Gasteiger partial charge in [0.25, 0.3) is 0 Å². The third kappa shape index (κ3) is 1.07. The van der Waals surface area contributed by atoms with E-state index in [1.165, 1.54) is 37.7 Å². The van der Waals surface area contributed by atoms with Gasteiger partial charge in [0, 0.05) is 11.3 Å². The monoisotopic (exact) mass is 204 g/mol. The van der Waals surface area contributed by atoms with Crippen LogP contribution in [0.15, 0.2) is 11.6 Å². The molecule has 0 amide bonds. The van der Waals surface area contributed by atoms with E-state index in [0.29, 0.717) is 17.1 Å². The summed E-state index contributed by atoms with van der Waals surface area (Å²) in [6.07, 6.45) is 9.85. The average Bonchev–Trinajstić information content (AvgIpc) is 2.58. The number of rotatable bonds is 0. The Morgan fingerprint density at radius 1 is 1.33 bits per heavy atom. The summed E-state index contributed by atoms with van der Waals surface area (Å²) in [5.74, 6) is 0.902. The lowest BCUT2D eigenvalue weighted by Gasteiger charge is -2.47. The molecule has 0 unspecified atom stereocenters. The van der Waals surface area contributed by atoms with Gasteiger partial charge in [0.15, 0.2) is 0 Å². The van der Waals surface area contributed by atoms with Crippen molar-refractivity contribution >= 4 is 5.78 Å². The van der Waals surface area contributed by atoms with E-state index >= 15 is 0 Å². The molecule has 82 valence electrons. The van der Waals surface area contributed by atoms with E-state index in [2.05, 4.69) is 19.9 Å². The minimum atomic E-state index is -0.153. The predicted molar refractivity (Wildman–Crippen MR) is 60.5 cm³/mol. The maximum absolute atomic E-state index is 12.3. The fraction of sp³-hybridized carbons (Fsp3) is 0.786. The highest BCUT2D eigenvalue weighted by Gasteiger charge is 2.56. The molecular weight excluding hydrogens is 184 g/mol. The van der Waals surface area contributed by atoms with Crippen LogP contribution in [0.25, 0.3) is 0 Å². The molecule has 0 heterocycles. The summed E-state index contributed by atoms with van der Waals surface area (Å²) >= 11 is 0. The minimum absolute atomic E-state index is 0.153. The molecule has 0 aromatic rings. The fourth-order valence-corrected chi connectivity index (χ4v) is 4.42. The molecule has 2 bridgehead atoms. The van der Waals surface area contributed by atoms with Crippen molar-refractivity contribution in [2.24, 2.45) is 16.7 Å². The molecule has 0 saturated heterocycles. The Kier molecular flexibility index (Phi) is 1.76. The van der Waals surface area contributed by atoms with Gasteiger partial charge in [0.1, 0.15) is 5.78 Å². The van der Waals surface area contributed by atoms with Crippen LogP contribution in [0, 0.1) is 16.7 Å². The fourth-order valence-electron chi connectivity index (χ4n) is 4.42. The van der Waals surface area contributed by atoms with E-state index in [1.807, 2.05) is 0 Å². The molecule has 0 N–H and O–H groups in total. The third-order valence-electron chi connectivity index (χ3n) is 5.05. The van der Waals surface area contributed by atoms with E-state index < -0.39 is 0 Å². The Balaban J connectivity index is 2.14. The average molecular weight is 204 g/mol. The number of hydrogen-bond acceptors (Lipinski definition) is 1. The van der Waals surface area contributed by atoms with Gasteiger partial charge in [-0.3, -0.25) is 4.79 Å². The Hall–Kier alpha value is -0.590. The Morgan fingerprint density at radius 3 is 2.93 bits per heavy atom. The summed E-state index contributed by atoms with van der Waals surface area (Å²) in [5, 5.41) is 0. The molecule has 0 aromatic carbocycles. The molecule has 2 atom stereocenters. The number of Topliss-reactive ketones (excluding diaryl/α,β-unsaturated/α-hetero) is 1. The van der Waals surface area contributed by atoms with Crippen LogP contribution in [0.2, 0.25) is 0 Å². The molecule has 15 heavy (non-hydrogen) atoms. The molecule has 2 saturated carbocycles. The summed E-state index contributed by atoms with van der Waals surface area (Å²) in [6.45, 7) is 4.30. The second-order valence-electron chi connectivity index (χ2n) is 6.22. The van der Waals surface area contributed by atoms with E-state index in [1.54, 1.807) is 0 Å². The lowest BCUT2D eigenvalue weighted by atomic mass is 9.56. The molecule has 2 fully saturated rings. The smallest absolute Gasteiger partial charge is 0.145 e. The summed E-state index contributed by atoms with van der Waals surface area (Å²) in [5.41, 5.74) is 1.79. The van der Waals surface area contributed by atoms with E-state index in [9.17, 15) is 4.79 Å². The zero-order valence-electron chi connectivity index (χ0n) is 9.81. The Morgan fingerprint density at radius 2 is 2.13 bits per heavy atom. The van der Waals surface area contributed by atoms with Crippen LogP contribution in [0.5, 0.6) is 0 Å². The molecule has 1 heteroatoms. The summed E-state index contributed by atoms with van der Waals surface area (Å²) in [6, 6.07) is 0. The normalized spacial score (nSPS) is 42.4. The van der Waals surface area contributed by atoms with Crippen LogP contribution in [0.3, 0.4) is 0 Å². The van der Waals surface area contributed by atoms with Gasteiger partial charge in [0.2, 0.25) is 0 Å². The van der Waals surface area contributed by atoms with Gasteiger partial charge in [0.05, 0.1) is 0 Å². The molecule has 1 nitrogen and oxygen atoms in total. The highest BCUT2D eigenvalue weighted by Crippen LogP contribution is 2.62. The summed E-state index contributed by atoms with van der Waals surface area (Å²) < 4.78 is 0. The number of fused-ring (bicyclic) bond motifs is 1. The summed E-state index contributed by atoms with van der Waals surface area (Å²) in [4.78, 5) is 12.3. The topological polar surface area (TPSA) is 17.1 Å².